The van der Waals surface area contributed by atoms with E-state index < -0.39 is 6.10 Å². The molecule has 0 saturated carbocycles. The number of hydrogen-bond acceptors (Lipinski definition) is 3. The van der Waals surface area contributed by atoms with Gasteiger partial charge in [-0.25, -0.2) is 4.79 Å². The Morgan fingerprint density at radius 1 is 1.47 bits per heavy atom. The van der Waals surface area contributed by atoms with Crippen LogP contribution in [-0.2, 0) is 4.74 Å². The second-order valence-corrected chi connectivity index (χ2v) is 4.92. The number of urea groups is 1. The lowest BCUT2D eigenvalue weighted by atomic mass is 10.1. The van der Waals surface area contributed by atoms with Crippen LogP contribution in [-0.4, -0.2) is 36.9 Å². The average Bonchev–Trinajstić information content (AvgIpc) is 2.89. The van der Waals surface area contributed by atoms with Crippen molar-refractivity contribution in [1.29, 1.82) is 0 Å². The number of halogens is 1. The Morgan fingerprint density at radius 3 is 2.84 bits per heavy atom. The number of nitrogens with one attached hydrogen (secondary N) is 2. The number of aliphatic hydroxyl groups is 1. The molecule has 104 valence electrons. The van der Waals surface area contributed by atoms with E-state index in [2.05, 4.69) is 10.6 Å². The Balaban J connectivity index is 1.74. The number of carbonyl (C=O) groups is 1. The van der Waals surface area contributed by atoms with Gasteiger partial charge < -0.3 is 20.5 Å². The Labute approximate surface area is 116 Å². The van der Waals surface area contributed by atoms with Crippen molar-refractivity contribution in [3.05, 3.63) is 34.9 Å². The number of benzene rings is 1. The molecule has 0 aromatic heterocycles. The fraction of sp³-hybridized carbons (Fsp3) is 0.462. The number of hydrogen-bond donors (Lipinski definition) is 3. The molecule has 19 heavy (non-hydrogen) atoms. The van der Waals surface area contributed by atoms with Gasteiger partial charge in [-0.1, -0.05) is 23.7 Å². The molecule has 1 aliphatic heterocycles. The smallest absolute Gasteiger partial charge is 0.315 e. The van der Waals surface area contributed by atoms with Crippen LogP contribution in [0, 0.1) is 0 Å². The molecule has 5 nitrogen and oxygen atoms in total. The van der Waals surface area contributed by atoms with E-state index in [4.69, 9.17) is 16.3 Å². The van der Waals surface area contributed by atoms with Gasteiger partial charge in [0, 0.05) is 18.2 Å². The van der Waals surface area contributed by atoms with E-state index in [9.17, 15) is 9.90 Å². The molecule has 0 radical (unpaired) electrons. The summed E-state index contributed by atoms with van der Waals surface area (Å²) < 4.78 is 5.16. The first kappa shape index (κ1) is 14.1. The lowest BCUT2D eigenvalue weighted by Gasteiger charge is -2.15. The molecule has 2 amide bonds. The third-order valence-corrected chi connectivity index (χ3v) is 3.23. The summed E-state index contributed by atoms with van der Waals surface area (Å²) in [6.45, 7) is 1.38. The minimum Gasteiger partial charge on any atom is -0.387 e. The SMILES string of the molecule is O=C(NCC(O)c1ccc(Cl)cc1)NC1CCOC1. The van der Waals surface area contributed by atoms with Gasteiger partial charge >= 0.3 is 6.03 Å². The number of ether oxygens (including phenoxy) is 1. The van der Waals surface area contributed by atoms with Crippen LogP contribution in [0.4, 0.5) is 4.79 Å². The molecule has 1 saturated heterocycles. The monoisotopic (exact) mass is 284 g/mol. The van der Waals surface area contributed by atoms with E-state index in [-0.39, 0.29) is 18.6 Å². The summed E-state index contributed by atoms with van der Waals surface area (Å²) in [5.74, 6) is 0. The van der Waals surface area contributed by atoms with E-state index in [1.807, 2.05) is 0 Å². The highest BCUT2D eigenvalue weighted by molar-refractivity contribution is 6.30. The van der Waals surface area contributed by atoms with Crippen LogP contribution in [0.2, 0.25) is 5.02 Å². The largest absolute Gasteiger partial charge is 0.387 e. The standard InChI is InChI=1S/C13H17ClN2O3/c14-10-3-1-9(2-4-10)12(17)7-15-13(18)16-11-5-6-19-8-11/h1-4,11-12,17H,5-8H2,(H2,15,16,18). The molecule has 2 unspecified atom stereocenters. The van der Waals surface area contributed by atoms with Crippen molar-refractivity contribution < 1.29 is 14.6 Å². The zero-order chi connectivity index (χ0) is 13.7. The second kappa shape index (κ2) is 6.75. The Kier molecular flexibility index (Phi) is 5.01. The Morgan fingerprint density at radius 2 is 2.21 bits per heavy atom. The average molecular weight is 285 g/mol. The lowest BCUT2D eigenvalue weighted by Crippen LogP contribution is -2.43. The van der Waals surface area contributed by atoms with E-state index in [1.165, 1.54) is 0 Å². The molecule has 1 heterocycles. The number of rotatable bonds is 4. The summed E-state index contributed by atoms with van der Waals surface area (Å²) >= 11 is 5.77. The Hall–Kier alpha value is -1.30. The molecule has 1 fully saturated rings. The van der Waals surface area contributed by atoms with Crippen LogP contribution in [0.25, 0.3) is 0 Å². The summed E-state index contributed by atoms with van der Waals surface area (Å²) in [5, 5.41) is 15.9. The van der Waals surface area contributed by atoms with Crippen molar-refractivity contribution in [3.8, 4) is 0 Å². The zero-order valence-corrected chi connectivity index (χ0v) is 11.2. The van der Waals surface area contributed by atoms with Crippen molar-refractivity contribution in [1.82, 2.24) is 10.6 Å². The molecule has 0 bridgehead atoms. The predicted molar refractivity (Wildman–Crippen MR) is 72.2 cm³/mol. The second-order valence-electron chi connectivity index (χ2n) is 4.48. The van der Waals surface area contributed by atoms with Crippen molar-refractivity contribution in [2.45, 2.75) is 18.6 Å². The van der Waals surface area contributed by atoms with E-state index in [0.717, 1.165) is 6.42 Å². The van der Waals surface area contributed by atoms with Crippen LogP contribution >= 0.6 is 11.6 Å². The summed E-state index contributed by atoms with van der Waals surface area (Å²) in [6, 6.07) is 6.65. The van der Waals surface area contributed by atoms with Gasteiger partial charge in [0.25, 0.3) is 0 Å². The molecule has 2 atom stereocenters. The molecular formula is C13H17ClN2O3. The molecule has 2 rings (SSSR count). The van der Waals surface area contributed by atoms with E-state index in [1.54, 1.807) is 24.3 Å². The molecule has 1 aliphatic rings. The van der Waals surface area contributed by atoms with Crippen molar-refractivity contribution in [3.63, 3.8) is 0 Å². The zero-order valence-electron chi connectivity index (χ0n) is 10.4. The summed E-state index contributed by atoms with van der Waals surface area (Å²) in [4.78, 5) is 11.6. The van der Waals surface area contributed by atoms with Crippen LogP contribution in [0.15, 0.2) is 24.3 Å². The minimum atomic E-state index is -0.747. The first-order valence-corrected chi connectivity index (χ1v) is 6.58. The third-order valence-electron chi connectivity index (χ3n) is 2.98. The fourth-order valence-electron chi connectivity index (χ4n) is 1.88. The van der Waals surface area contributed by atoms with Gasteiger partial charge in [-0.05, 0) is 24.1 Å². The predicted octanol–water partition coefficient (Wildman–Crippen LogP) is 1.46. The lowest BCUT2D eigenvalue weighted by molar-refractivity contribution is 0.170. The maximum absolute atomic E-state index is 11.6. The van der Waals surface area contributed by atoms with Crippen LogP contribution in [0.3, 0.4) is 0 Å². The van der Waals surface area contributed by atoms with Gasteiger partial charge in [0.15, 0.2) is 0 Å². The van der Waals surface area contributed by atoms with Gasteiger partial charge in [-0.15, -0.1) is 0 Å². The summed E-state index contributed by atoms with van der Waals surface area (Å²) in [6.07, 6.45) is 0.0792. The minimum absolute atomic E-state index is 0.0627. The summed E-state index contributed by atoms with van der Waals surface area (Å²) in [5.41, 5.74) is 0.717. The maximum Gasteiger partial charge on any atom is 0.315 e. The van der Waals surface area contributed by atoms with Gasteiger partial charge in [0.05, 0.1) is 18.8 Å². The summed E-state index contributed by atoms with van der Waals surface area (Å²) in [7, 11) is 0. The first-order chi connectivity index (χ1) is 9.15. The maximum atomic E-state index is 11.6. The highest BCUT2D eigenvalue weighted by Gasteiger charge is 2.18. The number of amides is 2. The molecule has 1 aromatic rings. The van der Waals surface area contributed by atoms with Crippen LogP contribution < -0.4 is 10.6 Å². The van der Waals surface area contributed by atoms with Crippen LogP contribution in [0.5, 0.6) is 0 Å². The van der Waals surface area contributed by atoms with Gasteiger partial charge in [-0.2, -0.15) is 0 Å². The molecular weight excluding hydrogens is 268 g/mol. The van der Waals surface area contributed by atoms with Crippen LogP contribution in [0.1, 0.15) is 18.1 Å². The number of carbonyl (C=O) groups excluding carboxylic acids is 1. The molecule has 0 spiro atoms. The highest BCUT2D eigenvalue weighted by Crippen LogP contribution is 2.15. The number of aliphatic hydroxyl groups excluding tert-OH is 1. The highest BCUT2D eigenvalue weighted by atomic mass is 35.5. The quantitative estimate of drug-likeness (QED) is 0.784. The Bertz CT molecular complexity index is 418. The molecule has 0 aliphatic carbocycles. The van der Waals surface area contributed by atoms with E-state index >= 15 is 0 Å². The fourth-order valence-corrected chi connectivity index (χ4v) is 2.00. The van der Waals surface area contributed by atoms with Crippen molar-refractivity contribution >= 4 is 17.6 Å². The normalized spacial score (nSPS) is 20.0. The van der Waals surface area contributed by atoms with Gasteiger partial charge in [0.1, 0.15) is 0 Å². The molecule has 1 aromatic carbocycles. The molecule has 6 heteroatoms. The first-order valence-electron chi connectivity index (χ1n) is 6.21. The molecule has 3 N–H and O–H groups in total. The van der Waals surface area contributed by atoms with Gasteiger partial charge in [-0.3, -0.25) is 0 Å². The van der Waals surface area contributed by atoms with Gasteiger partial charge in [0.2, 0.25) is 0 Å². The van der Waals surface area contributed by atoms with Crippen molar-refractivity contribution in [2.24, 2.45) is 0 Å². The van der Waals surface area contributed by atoms with E-state index in [0.29, 0.717) is 23.8 Å². The topological polar surface area (TPSA) is 70.6 Å². The third kappa shape index (κ3) is 4.38. The van der Waals surface area contributed by atoms with Crippen molar-refractivity contribution in [2.75, 3.05) is 19.8 Å².